The van der Waals surface area contributed by atoms with Crippen LogP contribution in [0.25, 0.3) is 9.88 Å². The van der Waals surface area contributed by atoms with Gasteiger partial charge in [0.05, 0.1) is 17.0 Å². The number of anilines is 1. The summed E-state index contributed by atoms with van der Waals surface area (Å²) in [6, 6.07) is 13.0. The summed E-state index contributed by atoms with van der Waals surface area (Å²) < 4.78 is 5.20. The number of ether oxygens (including phenoxy) is 1. The van der Waals surface area contributed by atoms with Gasteiger partial charge in [0.25, 0.3) is 5.91 Å². The molecule has 0 aliphatic heterocycles. The fourth-order valence-electron chi connectivity index (χ4n) is 2.11. The average molecular weight is 372 g/mol. The Labute approximate surface area is 153 Å². The number of hydrogen-bond donors (Lipinski definition) is 1. The number of esters is 1. The van der Waals surface area contributed by atoms with Crippen molar-refractivity contribution in [1.82, 2.24) is 4.98 Å². The molecular weight excluding hydrogens is 356 g/mol. The Kier molecular flexibility index (Phi) is 5.57. The van der Waals surface area contributed by atoms with Crippen molar-refractivity contribution in [2.24, 2.45) is 0 Å². The first kappa shape index (κ1) is 17.3. The van der Waals surface area contributed by atoms with Crippen molar-refractivity contribution in [2.45, 2.75) is 19.4 Å². The predicted molar refractivity (Wildman–Crippen MR) is 99.8 cm³/mol. The van der Waals surface area contributed by atoms with Crippen molar-refractivity contribution < 1.29 is 14.3 Å². The summed E-state index contributed by atoms with van der Waals surface area (Å²) in [5.41, 5.74) is 1.31. The average Bonchev–Trinajstić information content (AvgIpc) is 3.26. The summed E-state index contributed by atoms with van der Waals surface area (Å²) in [6.45, 7) is 1.55. The monoisotopic (exact) mass is 372 g/mol. The highest BCUT2D eigenvalue weighted by atomic mass is 32.1. The highest BCUT2D eigenvalue weighted by Gasteiger charge is 2.19. The summed E-state index contributed by atoms with van der Waals surface area (Å²) in [6.07, 6.45) is -0.826. The molecule has 25 heavy (non-hydrogen) atoms. The topological polar surface area (TPSA) is 68.3 Å². The van der Waals surface area contributed by atoms with Crippen molar-refractivity contribution in [3.63, 3.8) is 0 Å². The zero-order valence-electron chi connectivity index (χ0n) is 13.5. The van der Waals surface area contributed by atoms with Crippen LogP contribution in [0.15, 0.2) is 53.2 Å². The highest BCUT2D eigenvalue weighted by Crippen LogP contribution is 2.27. The lowest BCUT2D eigenvalue weighted by Crippen LogP contribution is -2.30. The lowest BCUT2D eigenvalue weighted by molar-refractivity contribution is -0.152. The number of nitrogens with one attached hydrogen (secondary N) is 1. The molecule has 5 nitrogen and oxygen atoms in total. The number of rotatable bonds is 6. The minimum absolute atomic E-state index is 0.0465. The number of thiophene rings is 1. The fraction of sp³-hybridized carbons (Fsp3) is 0.167. The van der Waals surface area contributed by atoms with Gasteiger partial charge in [0.1, 0.15) is 5.01 Å². The van der Waals surface area contributed by atoms with E-state index in [0.29, 0.717) is 11.4 Å². The van der Waals surface area contributed by atoms with Crippen LogP contribution in [0, 0.1) is 0 Å². The van der Waals surface area contributed by atoms with Crippen LogP contribution in [0.4, 0.5) is 5.69 Å². The Morgan fingerprint density at radius 2 is 1.96 bits per heavy atom. The lowest BCUT2D eigenvalue weighted by atomic mass is 10.3. The van der Waals surface area contributed by atoms with E-state index < -0.39 is 12.1 Å². The van der Waals surface area contributed by atoms with Crippen molar-refractivity contribution in [3.8, 4) is 9.88 Å². The molecule has 0 spiro atoms. The van der Waals surface area contributed by atoms with Crippen LogP contribution in [0.2, 0.25) is 0 Å². The van der Waals surface area contributed by atoms with Gasteiger partial charge in [-0.3, -0.25) is 9.59 Å². The van der Waals surface area contributed by atoms with Gasteiger partial charge in [-0.15, -0.1) is 22.7 Å². The molecule has 0 unspecified atom stereocenters. The van der Waals surface area contributed by atoms with E-state index in [2.05, 4.69) is 10.3 Å². The SMILES string of the molecule is C[C@@H](OC(=O)Cc1csc(-c2cccs2)n1)C(=O)Nc1ccccc1. The van der Waals surface area contributed by atoms with Crippen LogP contribution in [-0.2, 0) is 20.7 Å². The maximum absolute atomic E-state index is 12.1. The van der Waals surface area contributed by atoms with Crippen molar-refractivity contribution >= 4 is 40.2 Å². The second-order valence-electron chi connectivity index (χ2n) is 5.29. The quantitative estimate of drug-likeness (QED) is 0.665. The van der Waals surface area contributed by atoms with Crippen molar-refractivity contribution in [3.05, 3.63) is 58.9 Å². The number of benzene rings is 1. The molecular formula is C18H16N2O3S2. The molecule has 128 valence electrons. The van der Waals surface area contributed by atoms with Gasteiger partial charge in [-0.05, 0) is 30.5 Å². The molecule has 1 amide bonds. The summed E-state index contributed by atoms with van der Waals surface area (Å²) >= 11 is 3.09. The first-order valence-corrected chi connectivity index (χ1v) is 9.41. The molecule has 0 saturated heterocycles. The van der Waals surface area contributed by atoms with Gasteiger partial charge in [0.2, 0.25) is 0 Å². The number of para-hydroxylation sites is 1. The van der Waals surface area contributed by atoms with E-state index in [1.807, 2.05) is 41.1 Å². The Morgan fingerprint density at radius 1 is 1.16 bits per heavy atom. The number of carbonyl (C=O) groups excluding carboxylic acids is 2. The minimum Gasteiger partial charge on any atom is -0.452 e. The smallest absolute Gasteiger partial charge is 0.312 e. The van der Waals surface area contributed by atoms with Crippen LogP contribution < -0.4 is 5.32 Å². The van der Waals surface area contributed by atoms with Gasteiger partial charge in [-0.25, -0.2) is 4.98 Å². The molecule has 1 aromatic carbocycles. The molecule has 0 bridgehead atoms. The third-order valence-corrected chi connectivity index (χ3v) is 5.26. The molecule has 3 aromatic rings. The maximum Gasteiger partial charge on any atom is 0.312 e. The largest absolute Gasteiger partial charge is 0.452 e. The Bertz CT molecular complexity index is 844. The van der Waals surface area contributed by atoms with Crippen molar-refractivity contribution in [2.75, 3.05) is 5.32 Å². The standard InChI is InChI=1S/C18H16N2O3S2/c1-12(17(22)19-13-6-3-2-4-7-13)23-16(21)10-14-11-25-18(20-14)15-8-5-9-24-15/h2-9,11-12H,10H2,1H3,(H,19,22)/t12-/m1/s1. The van der Waals surface area contributed by atoms with Gasteiger partial charge >= 0.3 is 5.97 Å². The van der Waals surface area contributed by atoms with E-state index in [9.17, 15) is 9.59 Å². The lowest BCUT2D eigenvalue weighted by Gasteiger charge is -2.13. The minimum atomic E-state index is -0.872. The number of nitrogens with zero attached hydrogens (tertiary/aromatic N) is 1. The highest BCUT2D eigenvalue weighted by molar-refractivity contribution is 7.20. The Balaban J connectivity index is 1.52. The second kappa shape index (κ2) is 8.04. The van der Waals surface area contributed by atoms with Gasteiger partial charge < -0.3 is 10.1 Å². The van der Waals surface area contributed by atoms with Gasteiger partial charge in [-0.1, -0.05) is 24.3 Å². The van der Waals surface area contributed by atoms with Gasteiger partial charge in [0, 0.05) is 11.1 Å². The van der Waals surface area contributed by atoms with Gasteiger partial charge in [0.15, 0.2) is 6.10 Å². The van der Waals surface area contributed by atoms with E-state index in [4.69, 9.17) is 4.74 Å². The first-order valence-electron chi connectivity index (χ1n) is 7.65. The van der Waals surface area contributed by atoms with E-state index >= 15 is 0 Å². The molecule has 0 aliphatic rings. The van der Waals surface area contributed by atoms with E-state index in [0.717, 1.165) is 9.88 Å². The Hall–Kier alpha value is -2.51. The molecule has 3 rings (SSSR count). The third-order valence-electron chi connectivity index (χ3n) is 3.33. The molecule has 0 radical (unpaired) electrons. The zero-order chi connectivity index (χ0) is 17.6. The molecule has 7 heteroatoms. The van der Waals surface area contributed by atoms with Crippen LogP contribution in [0.3, 0.4) is 0 Å². The van der Waals surface area contributed by atoms with Crippen LogP contribution in [-0.4, -0.2) is 23.0 Å². The van der Waals surface area contributed by atoms with E-state index in [1.165, 1.54) is 11.3 Å². The zero-order valence-corrected chi connectivity index (χ0v) is 15.1. The number of thiazole rings is 1. The maximum atomic E-state index is 12.1. The summed E-state index contributed by atoms with van der Waals surface area (Å²) in [5.74, 6) is -0.837. The van der Waals surface area contributed by atoms with Crippen LogP contribution in [0.1, 0.15) is 12.6 Å². The van der Waals surface area contributed by atoms with Crippen LogP contribution in [0.5, 0.6) is 0 Å². The normalized spacial score (nSPS) is 11.7. The summed E-state index contributed by atoms with van der Waals surface area (Å²) in [4.78, 5) is 29.6. The molecule has 2 aromatic heterocycles. The number of hydrogen-bond acceptors (Lipinski definition) is 6. The molecule has 0 fully saturated rings. The molecule has 2 heterocycles. The number of aromatic nitrogens is 1. The first-order chi connectivity index (χ1) is 12.1. The summed E-state index contributed by atoms with van der Waals surface area (Å²) in [5, 5.41) is 7.41. The van der Waals surface area contributed by atoms with E-state index in [-0.39, 0.29) is 12.3 Å². The number of amides is 1. The summed E-state index contributed by atoms with van der Waals surface area (Å²) in [7, 11) is 0. The third kappa shape index (κ3) is 4.74. The Morgan fingerprint density at radius 3 is 2.68 bits per heavy atom. The molecule has 0 aliphatic carbocycles. The number of carbonyl (C=O) groups is 2. The van der Waals surface area contributed by atoms with E-state index in [1.54, 1.807) is 30.4 Å². The van der Waals surface area contributed by atoms with Gasteiger partial charge in [-0.2, -0.15) is 0 Å². The fourth-order valence-corrected chi connectivity index (χ4v) is 3.74. The molecule has 0 saturated carbocycles. The molecule has 1 atom stereocenters. The molecule has 1 N–H and O–H groups in total. The predicted octanol–water partition coefficient (Wildman–Crippen LogP) is 3.98. The van der Waals surface area contributed by atoms with Crippen LogP contribution >= 0.6 is 22.7 Å². The second-order valence-corrected chi connectivity index (χ2v) is 7.09. The van der Waals surface area contributed by atoms with Crippen molar-refractivity contribution in [1.29, 1.82) is 0 Å².